The fraction of sp³-hybridized carbons (Fsp3) is 0.500. The lowest BCUT2D eigenvalue weighted by Crippen LogP contribution is -2.59. The number of carbonyl (C=O) groups is 8. The number of unbranched alkanes of at least 4 members (excludes halogenated alkanes) is 1. The van der Waals surface area contributed by atoms with Crippen LogP contribution >= 0.6 is 0 Å². The molecule has 0 radical (unpaired) electrons. The molecule has 5 amide bonds. The van der Waals surface area contributed by atoms with Gasteiger partial charge in [0.15, 0.2) is 17.9 Å². The van der Waals surface area contributed by atoms with Gasteiger partial charge in [-0.15, -0.1) is 0 Å². The summed E-state index contributed by atoms with van der Waals surface area (Å²) in [5, 5.41) is 66.7. The molecule has 398 valence electrons. The second kappa shape index (κ2) is 23.4. The lowest BCUT2D eigenvalue weighted by Gasteiger charge is -2.43. The molecule has 2 aliphatic carbocycles. The number of hydrogen-bond acceptors (Lipinski definition) is 19. The number of alkyl carbamates (subject to hydrolysis) is 1. The predicted molar refractivity (Wildman–Crippen MR) is 255 cm³/mol. The third-order valence-electron chi connectivity index (χ3n) is 13.8. The Balaban J connectivity index is 0.996. The SMILES string of the molecule is COc1cccc2c1C(=O)c1c(O)c3c(c(O)c1C2=O)C[C@@](O)(C(=O)CO)C[C@@H]3O[C@@H]1C[C@H](NC(=O)[C@@H]2CCCN2C(=O)CNC(=O)[C@H](C)NC(=O)[C@H](CCCCN)NC(=O)OCc2cccnc2)[C@H](O)[C@H](C)O1. The summed E-state index contributed by atoms with van der Waals surface area (Å²) in [5.74, 6) is -7.06. The average molecular weight is 1030 g/mol. The Kier molecular flexibility index (Phi) is 17.3. The number of ketones is 3. The summed E-state index contributed by atoms with van der Waals surface area (Å²) in [7, 11) is 1.28. The smallest absolute Gasteiger partial charge is 0.408 e. The minimum Gasteiger partial charge on any atom is -0.507 e. The van der Waals surface area contributed by atoms with E-state index in [1.165, 1.54) is 50.3 Å². The number of nitrogens with zero attached hydrogens (tertiary/aromatic N) is 2. The summed E-state index contributed by atoms with van der Waals surface area (Å²) >= 11 is 0. The van der Waals surface area contributed by atoms with Crippen LogP contribution in [0.5, 0.6) is 17.2 Å². The Hall–Kier alpha value is -7.09. The fourth-order valence-corrected chi connectivity index (χ4v) is 9.85. The van der Waals surface area contributed by atoms with E-state index in [2.05, 4.69) is 26.3 Å². The number of likely N-dealkylation sites (tertiary alicyclic amines) is 1. The molecule has 2 fully saturated rings. The van der Waals surface area contributed by atoms with Crippen LogP contribution in [0.3, 0.4) is 0 Å². The molecule has 3 heterocycles. The Morgan fingerprint density at radius 1 is 1.00 bits per heavy atom. The van der Waals surface area contributed by atoms with Gasteiger partial charge in [0, 0.05) is 60.5 Å². The van der Waals surface area contributed by atoms with Crippen molar-refractivity contribution in [3.8, 4) is 17.2 Å². The van der Waals surface area contributed by atoms with Gasteiger partial charge in [-0.2, -0.15) is 0 Å². The van der Waals surface area contributed by atoms with Crippen LogP contribution < -0.4 is 31.7 Å². The summed E-state index contributed by atoms with van der Waals surface area (Å²) in [6.07, 6.45) is -2.86. The Labute approximate surface area is 424 Å². The van der Waals surface area contributed by atoms with Crippen molar-refractivity contribution in [1.82, 2.24) is 31.2 Å². The van der Waals surface area contributed by atoms with Gasteiger partial charge in [0.25, 0.3) is 0 Å². The topological polar surface area (TPSA) is 365 Å². The minimum atomic E-state index is -2.42. The molecule has 24 nitrogen and oxygen atoms in total. The van der Waals surface area contributed by atoms with Crippen LogP contribution in [0.2, 0.25) is 0 Å². The number of Topliss-reactive ketones (excluding diaryl/α,β-unsaturated/α-hetero) is 1. The van der Waals surface area contributed by atoms with Crippen molar-refractivity contribution < 1.29 is 82.8 Å². The number of nitrogens with one attached hydrogen (secondary N) is 4. The Morgan fingerprint density at radius 3 is 2.46 bits per heavy atom. The molecule has 2 aromatic carbocycles. The van der Waals surface area contributed by atoms with E-state index >= 15 is 0 Å². The normalized spacial score (nSPS) is 23.8. The van der Waals surface area contributed by atoms with Crippen molar-refractivity contribution in [2.75, 3.05) is 33.4 Å². The maximum Gasteiger partial charge on any atom is 0.408 e. The number of hydrogen-bond donors (Lipinski definition) is 10. The van der Waals surface area contributed by atoms with E-state index in [0.717, 1.165) is 0 Å². The zero-order valence-electron chi connectivity index (χ0n) is 41.0. The number of amides is 5. The number of pyridine rings is 1. The largest absolute Gasteiger partial charge is 0.507 e. The first kappa shape index (κ1) is 54.7. The number of nitrogens with two attached hydrogens (primary N) is 1. The average Bonchev–Trinajstić information content (AvgIpc) is 3.89. The highest BCUT2D eigenvalue weighted by Gasteiger charge is 2.51. The van der Waals surface area contributed by atoms with Gasteiger partial charge in [-0.3, -0.25) is 38.5 Å². The van der Waals surface area contributed by atoms with Gasteiger partial charge in [0.05, 0.1) is 48.6 Å². The number of phenolic OH excluding ortho intramolecular Hbond substituents is 2. The van der Waals surface area contributed by atoms with Crippen molar-refractivity contribution >= 4 is 47.1 Å². The number of ether oxygens (including phenoxy) is 4. The maximum atomic E-state index is 14.1. The van der Waals surface area contributed by atoms with Gasteiger partial charge in [0.2, 0.25) is 29.4 Å². The van der Waals surface area contributed by atoms with Crippen molar-refractivity contribution in [3.63, 3.8) is 0 Å². The monoisotopic (exact) mass is 1030 g/mol. The first-order chi connectivity index (χ1) is 35.3. The van der Waals surface area contributed by atoms with E-state index in [1.807, 2.05) is 0 Å². The summed E-state index contributed by atoms with van der Waals surface area (Å²) in [6.45, 7) is 1.59. The van der Waals surface area contributed by atoms with Gasteiger partial charge in [0.1, 0.15) is 60.3 Å². The molecule has 0 spiro atoms. The van der Waals surface area contributed by atoms with Crippen LogP contribution in [0.1, 0.15) is 113 Å². The molecular weight excluding hydrogens is 971 g/mol. The molecule has 11 N–H and O–H groups in total. The van der Waals surface area contributed by atoms with Crippen molar-refractivity contribution in [1.29, 1.82) is 0 Å². The Morgan fingerprint density at radius 2 is 1.76 bits per heavy atom. The lowest BCUT2D eigenvalue weighted by molar-refractivity contribution is -0.249. The van der Waals surface area contributed by atoms with Gasteiger partial charge in [-0.05, 0) is 64.6 Å². The zero-order chi connectivity index (χ0) is 53.6. The maximum absolute atomic E-state index is 14.1. The number of aliphatic hydroxyl groups is 3. The van der Waals surface area contributed by atoms with Crippen LogP contribution in [0.15, 0.2) is 42.7 Å². The molecule has 7 rings (SSSR count). The first-order valence-corrected chi connectivity index (χ1v) is 24.2. The number of aromatic hydroxyl groups is 2. The van der Waals surface area contributed by atoms with Crippen LogP contribution in [0.25, 0.3) is 0 Å². The molecule has 24 heteroatoms. The second-order valence-corrected chi connectivity index (χ2v) is 18.7. The summed E-state index contributed by atoms with van der Waals surface area (Å²) < 4.78 is 22.8. The number of benzene rings is 2. The number of methoxy groups -OCH3 is 1. The van der Waals surface area contributed by atoms with E-state index in [1.54, 1.807) is 18.3 Å². The zero-order valence-corrected chi connectivity index (χ0v) is 41.0. The van der Waals surface area contributed by atoms with E-state index in [0.29, 0.717) is 31.4 Å². The standard InChI is InChI=1S/C50H61N7O17/c1-24(54-47(67)29(11-4-5-14-51)56-49(69)72-23-26-9-7-15-52-20-26)46(66)53-21-35(60)57-16-8-12-31(57)48(68)55-30-17-36(73-25(2)41(30)61)74-33-19-50(70,34(59)22-58)18-28-38(33)45(65)40-39(43(28)63)42(62)27-10-6-13-32(71-3)37(27)44(40)64/h6-7,9-10,13,15,20,24-25,29-31,33,36,41,58,61,63,65,70H,4-5,8,11-12,14,16-19,21-23,51H2,1-3H3,(H,53,66)(H,54,67)(H,55,68)(H,56,69)/t24-,25-,29-,30-,31-,33-,36+,41+,50-/m0/s1. The molecule has 0 bridgehead atoms. The van der Waals surface area contributed by atoms with Crippen molar-refractivity contribution in [2.45, 2.75) is 126 Å². The summed E-state index contributed by atoms with van der Waals surface area (Å²) in [6, 6.07) is 3.23. The van der Waals surface area contributed by atoms with E-state index in [-0.39, 0.29) is 60.4 Å². The van der Waals surface area contributed by atoms with E-state index in [4.69, 9.17) is 24.7 Å². The first-order valence-electron chi connectivity index (χ1n) is 24.2. The Bertz CT molecular complexity index is 2670. The molecule has 0 saturated carbocycles. The molecule has 2 saturated heterocycles. The minimum absolute atomic E-state index is 0.0218. The van der Waals surface area contributed by atoms with Gasteiger partial charge in [-0.1, -0.05) is 18.2 Å². The molecule has 74 heavy (non-hydrogen) atoms. The third kappa shape index (κ3) is 11.5. The molecule has 3 aromatic rings. The highest BCUT2D eigenvalue weighted by Crippen LogP contribution is 2.52. The van der Waals surface area contributed by atoms with Gasteiger partial charge in [-0.25, -0.2) is 4.79 Å². The molecule has 1 aromatic heterocycles. The second-order valence-electron chi connectivity index (χ2n) is 18.7. The van der Waals surface area contributed by atoms with Crippen LogP contribution in [0, 0.1) is 0 Å². The highest BCUT2D eigenvalue weighted by molar-refractivity contribution is 6.31. The lowest BCUT2D eigenvalue weighted by atomic mass is 9.72. The van der Waals surface area contributed by atoms with Crippen molar-refractivity contribution in [3.05, 3.63) is 81.7 Å². The number of aliphatic hydroxyl groups excluding tert-OH is 2. The number of rotatable bonds is 19. The number of aromatic nitrogens is 1. The van der Waals surface area contributed by atoms with Crippen LogP contribution in [0.4, 0.5) is 4.79 Å². The predicted octanol–water partition coefficient (Wildman–Crippen LogP) is -0.410. The number of carbonyl (C=O) groups excluding carboxylic acids is 8. The number of fused-ring (bicyclic) bond motifs is 3. The van der Waals surface area contributed by atoms with Crippen LogP contribution in [-0.4, -0.2) is 164 Å². The van der Waals surface area contributed by atoms with Crippen molar-refractivity contribution in [2.24, 2.45) is 5.73 Å². The molecule has 2 aliphatic heterocycles. The third-order valence-corrected chi connectivity index (χ3v) is 13.8. The molecule has 0 unspecified atom stereocenters. The number of phenols is 2. The summed E-state index contributed by atoms with van der Waals surface area (Å²) in [4.78, 5) is 113. The van der Waals surface area contributed by atoms with Gasteiger partial charge >= 0.3 is 6.09 Å². The highest BCUT2D eigenvalue weighted by atomic mass is 16.7. The summed E-state index contributed by atoms with van der Waals surface area (Å²) in [5.41, 5.74) is 1.81. The molecular formula is C50H61N7O17. The van der Waals surface area contributed by atoms with E-state index < -0.39 is 150 Å². The fourth-order valence-electron chi connectivity index (χ4n) is 9.85. The van der Waals surface area contributed by atoms with E-state index in [9.17, 15) is 63.9 Å². The quantitative estimate of drug-likeness (QED) is 0.0421. The van der Waals surface area contributed by atoms with Crippen LogP contribution in [-0.2, 0) is 51.2 Å². The molecule has 4 aliphatic rings. The van der Waals surface area contributed by atoms with Gasteiger partial charge < -0.3 is 76.4 Å². The molecule has 9 atom stereocenters.